The minimum absolute atomic E-state index is 0. The van der Waals surface area contributed by atoms with E-state index in [-0.39, 0.29) is 7.43 Å². The zero-order chi connectivity index (χ0) is 13.2. The Bertz CT molecular complexity index is 694. The summed E-state index contributed by atoms with van der Waals surface area (Å²) < 4.78 is 0. The summed E-state index contributed by atoms with van der Waals surface area (Å²) >= 11 is 0. The molecule has 0 unspecified atom stereocenters. The van der Waals surface area contributed by atoms with E-state index in [1.165, 1.54) is 27.5 Å². The van der Waals surface area contributed by atoms with Crippen LogP contribution in [0.15, 0.2) is 66.7 Å². The number of benzene rings is 3. The van der Waals surface area contributed by atoms with Crippen LogP contribution in [0.25, 0.3) is 21.9 Å². The Kier molecular flexibility index (Phi) is 4.24. The van der Waals surface area contributed by atoms with Gasteiger partial charge in [-0.3, -0.25) is 0 Å². The predicted octanol–water partition coefficient (Wildman–Crippen LogP) is 6.27. The third-order valence-corrected chi connectivity index (χ3v) is 3.64. The molecule has 0 heteroatoms. The summed E-state index contributed by atoms with van der Waals surface area (Å²) in [6, 6.07) is 24.0. The van der Waals surface area contributed by atoms with Crippen LogP contribution in [-0.4, -0.2) is 0 Å². The van der Waals surface area contributed by atoms with Crippen LogP contribution in [0, 0.1) is 0 Å². The van der Waals surface area contributed by atoms with E-state index in [1.807, 2.05) is 0 Å². The van der Waals surface area contributed by atoms with Gasteiger partial charge in [0.2, 0.25) is 0 Å². The number of hydrogen-bond donors (Lipinski definition) is 0. The monoisotopic (exact) mass is 262 g/mol. The summed E-state index contributed by atoms with van der Waals surface area (Å²) in [5.74, 6) is 0.582. The van der Waals surface area contributed by atoms with Crippen LogP contribution in [0.5, 0.6) is 0 Å². The molecule has 3 rings (SSSR count). The normalized spacial score (nSPS) is 10.6. The molecule has 0 aliphatic rings. The third kappa shape index (κ3) is 2.75. The van der Waals surface area contributed by atoms with Gasteiger partial charge in [0.1, 0.15) is 0 Å². The van der Waals surface area contributed by atoms with Crippen molar-refractivity contribution in [2.45, 2.75) is 27.2 Å². The average Bonchev–Trinajstić information content (AvgIpc) is 2.47. The molecule has 0 aromatic heterocycles. The zero-order valence-electron chi connectivity index (χ0n) is 11.4. The van der Waals surface area contributed by atoms with Crippen molar-refractivity contribution in [3.8, 4) is 11.1 Å². The third-order valence-electron chi connectivity index (χ3n) is 3.64. The fourth-order valence-corrected chi connectivity index (χ4v) is 2.43. The lowest BCUT2D eigenvalue weighted by Crippen LogP contribution is -1.87. The Morgan fingerprint density at radius 3 is 2.00 bits per heavy atom. The second kappa shape index (κ2) is 5.92. The number of fused-ring (bicyclic) bond motifs is 1. The molecule has 0 heterocycles. The fraction of sp³-hybridized carbons (Fsp3) is 0.200. The fourth-order valence-electron chi connectivity index (χ4n) is 2.43. The van der Waals surface area contributed by atoms with Crippen molar-refractivity contribution in [1.82, 2.24) is 0 Å². The smallest absolute Gasteiger partial charge is 0.0178 e. The van der Waals surface area contributed by atoms with Gasteiger partial charge in [-0.15, -0.1) is 0 Å². The minimum atomic E-state index is 0. The van der Waals surface area contributed by atoms with Gasteiger partial charge in [0, 0.05) is 0 Å². The highest BCUT2D eigenvalue weighted by Crippen LogP contribution is 2.26. The summed E-state index contributed by atoms with van der Waals surface area (Å²) in [4.78, 5) is 0. The van der Waals surface area contributed by atoms with Crippen molar-refractivity contribution >= 4 is 10.8 Å². The Morgan fingerprint density at radius 2 is 1.30 bits per heavy atom. The maximum absolute atomic E-state index is 2.30. The van der Waals surface area contributed by atoms with Crippen LogP contribution in [0.2, 0.25) is 0 Å². The van der Waals surface area contributed by atoms with E-state index in [9.17, 15) is 0 Å². The van der Waals surface area contributed by atoms with E-state index in [0.29, 0.717) is 5.92 Å². The SMILES string of the molecule is C.CC(C)c1ccc2cc(-c3ccccc3)ccc2c1. The van der Waals surface area contributed by atoms with Crippen LogP contribution in [0.3, 0.4) is 0 Å². The topological polar surface area (TPSA) is 0 Å². The van der Waals surface area contributed by atoms with Gasteiger partial charge >= 0.3 is 0 Å². The van der Waals surface area contributed by atoms with E-state index < -0.39 is 0 Å². The summed E-state index contributed by atoms with van der Waals surface area (Å²) in [6.07, 6.45) is 0. The summed E-state index contributed by atoms with van der Waals surface area (Å²) in [5.41, 5.74) is 3.96. The van der Waals surface area contributed by atoms with Gasteiger partial charge < -0.3 is 0 Å². The highest BCUT2D eigenvalue weighted by molar-refractivity contribution is 5.87. The molecule has 0 fully saturated rings. The molecule has 3 aromatic rings. The largest absolute Gasteiger partial charge is 0.0776 e. The van der Waals surface area contributed by atoms with Crippen molar-refractivity contribution in [2.24, 2.45) is 0 Å². The van der Waals surface area contributed by atoms with Crippen LogP contribution >= 0.6 is 0 Å². The van der Waals surface area contributed by atoms with Gasteiger partial charge in [0.05, 0.1) is 0 Å². The molecule has 3 aromatic carbocycles. The summed E-state index contributed by atoms with van der Waals surface area (Å²) in [5, 5.41) is 2.64. The van der Waals surface area contributed by atoms with Crippen molar-refractivity contribution in [3.05, 3.63) is 72.3 Å². The maximum Gasteiger partial charge on any atom is -0.0178 e. The molecular formula is C20H22. The molecule has 0 aliphatic heterocycles. The van der Waals surface area contributed by atoms with Gasteiger partial charge in [-0.1, -0.05) is 81.9 Å². The van der Waals surface area contributed by atoms with E-state index in [1.54, 1.807) is 0 Å². The number of rotatable bonds is 2. The first-order valence-corrected chi connectivity index (χ1v) is 6.83. The van der Waals surface area contributed by atoms with Crippen molar-refractivity contribution in [3.63, 3.8) is 0 Å². The van der Waals surface area contributed by atoms with E-state index >= 15 is 0 Å². The lowest BCUT2D eigenvalue weighted by atomic mass is 9.96. The second-order valence-corrected chi connectivity index (χ2v) is 5.34. The maximum atomic E-state index is 2.30. The molecule has 20 heavy (non-hydrogen) atoms. The molecule has 0 bridgehead atoms. The molecule has 102 valence electrons. The molecule has 0 radical (unpaired) electrons. The van der Waals surface area contributed by atoms with Gasteiger partial charge in [-0.25, -0.2) is 0 Å². The summed E-state index contributed by atoms with van der Waals surface area (Å²) in [7, 11) is 0. The highest BCUT2D eigenvalue weighted by Gasteiger charge is 2.02. The molecule has 0 amide bonds. The molecule has 0 saturated carbocycles. The van der Waals surface area contributed by atoms with Crippen molar-refractivity contribution in [1.29, 1.82) is 0 Å². The Balaban J connectivity index is 0.00000147. The number of hydrogen-bond acceptors (Lipinski definition) is 0. The Labute approximate surface area is 122 Å². The van der Waals surface area contributed by atoms with Crippen molar-refractivity contribution in [2.75, 3.05) is 0 Å². The van der Waals surface area contributed by atoms with Crippen LogP contribution in [-0.2, 0) is 0 Å². The van der Waals surface area contributed by atoms with Crippen LogP contribution in [0.4, 0.5) is 0 Å². The van der Waals surface area contributed by atoms with Crippen LogP contribution in [0.1, 0.15) is 32.8 Å². The highest BCUT2D eigenvalue weighted by atomic mass is 14.1. The molecule has 0 atom stereocenters. The second-order valence-electron chi connectivity index (χ2n) is 5.34. The van der Waals surface area contributed by atoms with Gasteiger partial charge in [-0.05, 0) is 39.4 Å². The lowest BCUT2D eigenvalue weighted by molar-refractivity contribution is 0.869. The molecule has 0 spiro atoms. The summed E-state index contributed by atoms with van der Waals surface area (Å²) in [6.45, 7) is 4.47. The van der Waals surface area contributed by atoms with Gasteiger partial charge in [0.25, 0.3) is 0 Å². The first-order valence-electron chi connectivity index (χ1n) is 6.83. The van der Waals surface area contributed by atoms with Crippen LogP contribution < -0.4 is 0 Å². The van der Waals surface area contributed by atoms with E-state index in [2.05, 4.69) is 80.6 Å². The zero-order valence-corrected chi connectivity index (χ0v) is 11.4. The Hall–Kier alpha value is -2.08. The molecule has 0 aliphatic carbocycles. The van der Waals surface area contributed by atoms with Crippen molar-refractivity contribution < 1.29 is 0 Å². The molecule has 0 saturated heterocycles. The molecule has 0 nitrogen and oxygen atoms in total. The standard InChI is InChI=1S/C19H18.CH4/c1-14(2)16-8-9-19-13-17(10-11-18(19)12-16)15-6-4-3-5-7-15;/h3-14H,1-2H3;1H4. The first-order chi connectivity index (χ1) is 9.24. The Morgan fingerprint density at radius 1 is 0.650 bits per heavy atom. The lowest BCUT2D eigenvalue weighted by Gasteiger charge is -2.08. The van der Waals surface area contributed by atoms with E-state index in [4.69, 9.17) is 0 Å². The predicted molar refractivity (Wildman–Crippen MR) is 90.2 cm³/mol. The molecule has 0 N–H and O–H groups in total. The quantitative estimate of drug-likeness (QED) is 0.511. The first kappa shape index (κ1) is 14.3. The van der Waals surface area contributed by atoms with Gasteiger partial charge in [0.15, 0.2) is 0 Å². The van der Waals surface area contributed by atoms with E-state index in [0.717, 1.165) is 0 Å². The van der Waals surface area contributed by atoms with Gasteiger partial charge in [-0.2, -0.15) is 0 Å². The average molecular weight is 262 g/mol. The minimum Gasteiger partial charge on any atom is -0.0776 e. The molecular weight excluding hydrogens is 240 g/mol.